The maximum atomic E-state index is 9.29. The Kier molecular flexibility index (Phi) is 5.02. The van der Waals surface area contributed by atoms with Gasteiger partial charge in [0.25, 0.3) is 0 Å². The molecule has 13 heavy (non-hydrogen) atoms. The first-order chi connectivity index (χ1) is 6.22. The molecule has 0 saturated carbocycles. The highest BCUT2D eigenvalue weighted by Crippen LogP contribution is 2.12. The first-order valence-electron chi connectivity index (χ1n) is 4.76. The lowest BCUT2D eigenvalue weighted by Gasteiger charge is -2.22. The molecular weight excluding hydrogens is 190 g/mol. The Bertz CT molecular complexity index is 140. The number of nitrogens with zero attached hydrogens (tertiary/aromatic N) is 1. The third-order valence-corrected chi connectivity index (χ3v) is 2.60. The number of rotatable bonds is 5. The molecule has 1 heterocycles. The van der Waals surface area contributed by atoms with Gasteiger partial charge in [0.1, 0.15) is 0 Å². The van der Waals surface area contributed by atoms with Crippen molar-refractivity contribution < 1.29 is 9.84 Å². The Morgan fingerprint density at radius 1 is 1.69 bits per heavy atom. The van der Waals surface area contributed by atoms with Crippen LogP contribution < -0.4 is 0 Å². The molecule has 0 aromatic carbocycles. The van der Waals surface area contributed by atoms with E-state index in [2.05, 4.69) is 4.90 Å². The summed E-state index contributed by atoms with van der Waals surface area (Å²) >= 11 is 5.50. The van der Waals surface area contributed by atoms with E-state index < -0.39 is 6.10 Å². The van der Waals surface area contributed by atoms with E-state index in [1.165, 1.54) is 0 Å². The van der Waals surface area contributed by atoms with Gasteiger partial charge in [-0.3, -0.25) is 0 Å². The molecule has 0 radical (unpaired) electrons. The lowest BCUT2D eigenvalue weighted by atomic mass is 10.2. The first kappa shape index (κ1) is 11.2. The van der Waals surface area contributed by atoms with Gasteiger partial charge in [0, 0.05) is 25.6 Å². The molecule has 2 atom stereocenters. The zero-order chi connectivity index (χ0) is 9.68. The molecule has 0 amide bonds. The van der Waals surface area contributed by atoms with Crippen molar-refractivity contribution in [2.75, 3.05) is 32.6 Å². The van der Waals surface area contributed by atoms with Crippen LogP contribution in [0.2, 0.25) is 0 Å². The van der Waals surface area contributed by atoms with Crippen LogP contribution in [0.5, 0.6) is 0 Å². The van der Waals surface area contributed by atoms with Crippen molar-refractivity contribution in [2.24, 2.45) is 0 Å². The quantitative estimate of drug-likeness (QED) is 0.674. The molecule has 78 valence electrons. The number of likely N-dealkylation sites (N-methyl/N-ethyl adjacent to an activating group) is 1. The minimum atomic E-state index is -0.423. The molecular formula is C9H18ClNO2. The molecule has 0 aromatic heterocycles. The number of hydrogen-bond acceptors (Lipinski definition) is 3. The Balaban J connectivity index is 2.12. The Morgan fingerprint density at radius 3 is 3.00 bits per heavy atom. The van der Waals surface area contributed by atoms with Gasteiger partial charge in [0.05, 0.1) is 12.2 Å². The third-order valence-electron chi connectivity index (χ3n) is 2.24. The Hall–Kier alpha value is 0.170. The average Bonchev–Trinajstić information content (AvgIpc) is 2.56. The second kappa shape index (κ2) is 5.81. The van der Waals surface area contributed by atoms with Gasteiger partial charge in [0.15, 0.2) is 0 Å². The molecule has 0 bridgehead atoms. The molecule has 1 aliphatic heterocycles. The van der Waals surface area contributed by atoms with Crippen LogP contribution in [-0.2, 0) is 4.74 Å². The molecule has 1 fully saturated rings. The number of aliphatic hydroxyl groups is 1. The highest BCUT2D eigenvalue weighted by atomic mass is 35.5. The lowest BCUT2D eigenvalue weighted by Crippen LogP contribution is -2.35. The first-order valence-corrected chi connectivity index (χ1v) is 5.30. The van der Waals surface area contributed by atoms with Crippen molar-refractivity contribution in [3.8, 4) is 0 Å². The summed E-state index contributed by atoms with van der Waals surface area (Å²) in [4.78, 5) is 2.07. The third kappa shape index (κ3) is 4.27. The topological polar surface area (TPSA) is 32.7 Å². The predicted octanol–water partition coefficient (Wildman–Crippen LogP) is 0.697. The van der Waals surface area contributed by atoms with Gasteiger partial charge in [-0.2, -0.15) is 0 Å². The summed E-state index contributed by atoms with van der Waals surface area (Å²) in [5.74, 6) is 0.301. The normalized spacial score (nSPS) is 25.4. The maximum absolute atomic E-state index is 9.29. The van der Waals surface area contributed by atoms with E-state index in [0.29, 0.717) is 18.5 Å². The van der Waals surface area contributed by atoms with E-state index in [1.54, 1.807) is 0 Å². The number of hydrogen-bond donors (Lipinski definition) is 1. The van der Waals surface area contributed by atoms with Gasteiger partial charge in [-0.25, -0.2) is 0 Å². The van der Waals surface area contributed by atoms with Gasteiger partial charge in [-0.05, 0) is 19.9 Å². The number of alkyl halides is 1. The van der Waals surface area contributed by atoms with Crippen LogP contribution in [0.25, 0.3) is 0 Å². The molecule has 1 saturated heterocycles. The summed E-state index contributed by atoms with van der Waals surface area (Å²) < 4.78 is 5.48. The Morgan fingerprint density at radius 2 is 2.46 bits per heavy atom. The molecule has 4 heteroatoms. The number of ether oxygens (including phenoxy) is 1. The molecule has 0 aliphatic carbocycles. The zero-order valence-corrected chi connectivity index (χ0v) is 8.83. The van der Waals surface area contributed by atoms with Gasteiger partial charge in [-0.15, -0.1) is 11.6 Å². The van der Waals surface area contributed by atoms with Crippen molar-refractivity contribution in [1.82, 2.24) is 4.90 Å². The highest BCUT2D eigenvalue weighted by Gasteiger charge is 2.18. The molecule has 0 aromatic rings. The van der Waals surface area contributed by atoms with Crippen LogP contribution in [0.1, 0.15) is 12.8 Å². The second-order valence-electron chi connectivity index (χ2n) is 3.66. The van der Waals surface area contributed by atoms with Crippen LogP contribution in [0.15, 0.2) is 0 Å². The van der Waals surface area contributed by atoms with Crippen LogP contribution in [0, 0.1) is 0 Å². The number of halogens is 1. The van der Waals surface area contributed by atoms with Crippen LogP contribution in [-0.4, -0.2) is 54.8 Å². The Labute approximate surface area is 84.6 Å². The smallest absolute Gasteiger partial charge is 0.0802 e. The largest absolute Gasteiger partial charge is 0.391 e. The minimum Gasteiger partial charge on any atom is -0.391 e. The number of aliphatic hydroxyl groups excluding tert-OH is 1. The molecule has 1 N–H and O–H groups in total. The fourth-order valence-electron chi connectivity index (χ4n) is 1.62. The summed E-state index contributed by atoms with van der Waals surface area (Å²) in [5.41, 5.74) is 0. The minimum absolute atomic E-state index is 0.301. The summed E-state index contributed by atoms with van der Waals surface area (Å²) in [6, 6.07) is 0. The molecule has 2 unspecified atom stereocenters. The van der Waals surface area contributed by atoms with Crippen molar-refractivity contribution in [3.05, 3.63) is 0 Å². The lowest BCUT2D eigenvalue weighted by molar-refractivity contribution is 0.0648. The summed E-state index contributed by atoms with van der Waals surface area (Å²) in [6.45, 7) is 2.41. The van der Waals surface area contributed by atoms with Gasteiger partial charge >= 0.3 is 0 Å². The maximum Gasteiger partial charge on any atom is 0.0802 e. The zero-order valence-electron chi connectivity index (χ0n) is 8.08. The van der Waals surface area contributed by atoms with E-state index in [-0.39, 0.29) is 0 Å². The average molecular weight is 208 g/mol. The fraction of sp³-hybridized carbons (Fsp3) is 1.00. The predicted molar refractivity (Wildman–Crippen MR) is 53.2 cm³/mol. The van der Waals surface area contributed by atoms with E-state index in [1.807, 2.05) is 7.05 Å². The van der Waals surface area contributed by atoms with E-state index >= 15 is 0 Å². The molecule has 1 rings (SSSR count). The molecule has 1 aliphatic rings. The van der Waals surface area contributed by atoms with E-state index in [0.717, 1.165) is 26.0 Å². The van der Waals surface area contributed by atoms with E-state index in [9.17, 15) is 5.11 Å². The van der Waals surface area contributed by atoms with Gasteiger partial charge < -0.3 is 14.7 Å². The van der Waals surface area contributed by atoms with Crippen molar-refractivity contribution in [2.45, 2.75) is 25.0 Å². The van der Waals surface area contributed by atoms with Crippen molar-refractivity contribution in [1.29, 1.82) is 0 Å². The fourth-order valence-corrected chi connectivity index (χ4v) is 1.72. The monoisotopic (exact) mass is 207 g/mol. The van der Waals surface area contributed by atoms with Gasteiger partial charge in [0.2, 0.25) is 0 Å². The summed E-state index contributed by atoms with van der Waals surface area (Å²) in [5, 5.41) is 9.29. The van der Waals surface area contributed by atoms with Crippen molar-refractivity contribution in [3.63, 3.8) is 0 Å². The van der Waals surface area contributed by atoms with Crippen LogP contribution in [0.4, 0.5) is 0 Å². The highest BCUT2D eigenvalue weighted by molar-refractivity contribution is 6.18. The molecule has 0 spiro atoms. The standard InChI is InChI=1S/C9H18ClNO2/c1-11(6-8(12)5-10)7-9-3-2-4-13-9/h8-9,12H,2-7H2,1H3. The van der Waals surface area contributed by atoms with Crippen LogP contribution >= 0.6 is 11.6 Å². The van der Waals surface area contributed by atoms with Crippen LogP contribution in [0.3, 0.4) is 0 Å². The van der Waals surface area contributed by atoms with Crippen molar-refractivity contribution >= 4 is 11.6 Å². The summed E-state index contributed by atoms with van der Waals surface area (Å²) in [6.07, 6.45) is 2.23. The SMILES string of the molecule is CN(CC(O)CCl)CC1CCCO1. The molecule has 3 nitrogen and oxygen atoms in total. The van der Waals surface area contributed by atoms with E-state index in [4.69, 9.17) is 16.3 Å². The summed E-state index contributed by atoms with van der Waals surface area (Å²) in [7, 11) is 1.98. The second-order valence-corrected chi connectivity index (χ2v) is 3.97. The van der Waals surface area contributed by atoms with Gasteiger partial charge in [-0.1, -0.05) is 0 Å².